The van der Waals surface area contributed by atoms with Crippen LogP contribution in [0.5, 0.6) is 0 Å². The van der Waals surface area contributed by atoms with E-state index in [1.54, 1.807) is 0 Å². The highest BCUT2D eigenvalue weighted by Gasteiger charge is 2.31. The quantitative estimate of drug-likeness (QED) is 0.549. The lowest BCUT2D eigenvalue weighted by atomic mass is 9.72. The van der Waals surface area contributed by atoms with Crippen molar-refractivity contribution in [1.29, 1.82) is 0 Å². The fourth-order valence-electron chi connectivity index (χ4n) is 3.04. The average molecular weight is 270 g/mol. The molecule has 0 radical (unpaired) electrons. The Balaban J connectivity index is 2.24. The maximum Gasteiger partial charge on any atom is 0.109 e. The third-order valence-electron chi connectivity index (χ3n) is 4.08. The first-order valence-electron chi connectivity index (χ1n) is 7.45. The van der Waals surface area contributed by atoms with Crippen LogP contribution in [0.15, 0.2) is 61.0 Å². The van der Waals surface area contributed by atoms with Crippen LogP contribution in [-0.4, -0.2) is 0 Å². The summed E-state index contributed by atoms with van der Waals surface area (Å²) in [6.07, 6.45) is 10.7. The van der Waals surface area contributed by atoms with Crippen molar-refractivity contribution in [2.24, 2.45) is 5.41 Å². The molecule has 1 aromatic rings. The zero-order valence-corrected chi connectivity index (χ0v) is 12.2. The number of halogens is 1. The van der Waals surface area contributed by atoms with Crippen LogP contribution in [0.2, 0.25) is 0 Å². The van der Waals surface area contributed by atoms with E-state index in [0.29, 0.717) is 6.42 Å². The molecule has 0 fully saturated rings. The summed E-state index contributed by atoms with van der Waals surface area (Å²) in [5, 5.41) is 0. The molecule has 1 aromatic carbocycles. The molecule has 1 atom stereocenters. The third-order valence-corrected chi connectivity index (χ3v) is 4.08. The van der Waals surface area contributed by atoms with Crippen LogP contribution in [0.3, 0.4) is 0 Å². The van der Waals surface area contributed by atoms with Gasteiger partial charge in [0.05, 0.1) is 0 Å². The number of rotatable bonds is 6. The zero-order valence-electron chi connectivity index (χ0n) is 12.2. The molecule has 0 aromatic heterocycles. The predicted molar refractivity (Wildman–Crippen MR) is 85.0 cm³/mol. The van der Waals surface area contributed by atoms with Crippen LogP contribution in [0, 0.1) is 5.41 Å². The first-order valence-corrected chi connectivity index (χ1v) is 7.45. The highest BCUT2D eigenvalue weighted by atomic mass is 19.1. The molecule has 1 heteroatoms. The molecule has 20 heavy (non-hydrogen) atoms. The van der Waals surface area contributed by atoms with Crippen molar-refractivity contribution in [3.8, 4) is 0 Å². The molecule has 0 saturated carbocycles. The topological polar surface area (TPSA) is 0 Å². The fraction of sp³-hybridized carbons (Fsp3) is 0.368. The van der Waals surface area contributed by atoms with E-state index >= 15 is 0 Å². The first-order chi connectivity index (χ1) is 9.71. The molecule has 0 bridgehead atoms. The van der Waals surface area contributed by atoms with Gasteiger partial charge < -0.3 is 0 Å². The van der Waals surface area contributed by atoms with E-state index in [0.717, 1.165) is 36.8 Å². The fourth-order valence-corrected chi connectivity index (χ4v) is 3.04. The molecule has 2 rings (SSSR count). The Kier molecular flexibility index (Phi) is 4.94. The van der Waals surface area contributed by atoms with Crippen LogP contribution < -0.4 is 0 Å². The van der Waals surface area contributed by atoms with E-state index in [-0.39, 0.29) is 11.2 Å². The summed E-state index contributed by atoms with van der Waals surface area (Å²) in [6, 6.07) is 9.80. The van der Waals surface area contributed by atoms with Crippen molar-refractivity contribution in [2.75, 3.05) is 0 Å². The SMILES string of the molecule is C=CCCC1(CCC)C=CC(c2ccccc2)=C(F)C1. The Morgan fingerprint density at radius 1 is 1.25 bits per heavy atom. The van der Waals surface area contributed by atoms with Crippen LogP contribution in [0.4, 0.5) is 4.39 Å². The van der Waals surface area contributed by atoms with Gasteiger partial charge in [-0.25, -0.2) is 4.39 Å². The first kappa shape index (κ1) is 14.8. The average Bonchev–Trinajstić information content (AvgIpc) is 2.47. The number of benzene rings is 1. The molecule has 0 saturated heterocycles. The van der Waals surface area contributed by atoms with Gasteiger partial charge in [0, 0.05) is 12.0 Å². The maximum absolute atomic E-state index is 14.6. The Hall–Kier alpha value is -1.63. The summed E-state index contributed by atoms with van der Waals surface area (Å²) in [5.41, 5.74) is 1.69. The lowest BCUT2D eigenvalue weighted by Gasteiger charge is -2.33. The summed E-state index contributed by atoms with van der Waals surface area (Å²) in [7, 11) is 0. The summed E-state index contributed by atoms with van der Waals surface area (Å²) in [6.45, 7) is 5.95. The minimum absolute atomic E-state index is 0.0225. The molecular formula is C19H23F. The smallest absolute Gasteiger partial charge is 0.109 e. The van der Waals surface area contributed by atoms with E-state index in [9.17, 15) is 4.39 Å². The molecule has 0 heterocycles. The van der Waals surface area contributed by atoms with Gasteiger partial charge in [0.1, 0.15) is 5.83 Å². The Bertz CT molecular complexity index is 510. The lowest BCUT2D eigenvalue weighted by Crippen LogP contribution is -2.20. The molecule has 1 aliphatic rings. The second kappa shape index (κ2) is 6.69. The van der Waals surface area contributed by atoms with E-state index in [4.69, 9.17) is 0 Å². The number of allylic oxidation sites excluding steroid dienone is 5. The monoisotopic (exact) mass is 270 g/mol. The Morgan fingerprint density at radius 3 is 2.60 bits per heavy atom. The molecule has 1 unspecified atom stereocenters. The summed E-state index contributed by atoms with van der Waals surface area (Å²) in [5.74, 6) is 0.0243. The highest BCUT2D eigenvalue weighted by molar-refractivity contribution is 5.76. The molecule has 0 N–H and O–H groups in total. The van der Waals surface area contributed by atoms with Gasteiger partial charge in [0.25, 0.3) is 0 Å². The molecule has 1 aliphatic carbocycles. The normalized spacial score (nSPS) is 22.1. The van der Waals surface area contributed by atoms with E-state index < -0.39 is 0 Å². The second-order valence-corrected chi connectivity index (χ2v) is 5.63. The number of hydrogen-bond acceptors (Lipinski definition) is 0. The molecule has 0 aliphatic heterocycles. The van der Waals surface area contributed by atoms with Crippen molar-refractivity contribution in [3.63, 3.8) is 0 Å². The van der Waals surface area contributed by atoms with E-state index in [2.05, 4.69) is 19.6 Å². The molecule has 0 spiro atoms. The van der Waals surface area contributed by atoms with Gasteiger partial charge in [-0.05, 0) is 30.2 Å². The maximum atomic E-state index is 14.6. The van der Waals surface area contributed by atoms with Crippen molar-refractivity contribution in [3.05, 3.63) is 66.5 Å². The van der Waals surface area contributed by atoms with Crippen molar-refractivity contribution >= 4 is 5.57 Å². The summed E-state index contributed by atoms with van der Waals surface area (Å²) < 4.78 is 14.6. The summed E-state index contributed by atoms with van der Waals surface area (Å²) in [4.78, 5) is 0. The molecule has 0 nitrogen and oxygen atoms in total. The van der Waals surface area contributed by atoms with Gasteiger partial charge in [0.2, 0.25) is 0 Å². The molecular weight excluding hydrogens is 247 g/mol. The van der Waals surface area contributed by atoms with Crippen LogP contribution in [0.25, 0.3) is 5.57 Å². The minimum atomic E-state index is -0.0225. The lowest BCUT2D eigenvalue weighted by molar-refractivity contribution is 0.293. The number of hydrogen-bond donors (Lipinski definition) is 0. The minimum Gasteiger partial charge on any atom is -0.211 e. The van der Waals surface area contributed by atoms with Gasteiger partial charge in [-0.3, -0.25) is 0 Å². The van der Waals surface area contributed by atoms with Crippen LogP contribution in [0.1, 0.15) is 44.6 Å². The van der Waals surface area contributed by atoms with Crippen LogP contribution >= 0.6 is 0 Å². The van der Waals surface area contributed by atoms with E-state index in [1.165, 1.54) is 0 Å². The standard InChI is InChI=1S/C19H23F/c1-3-5-13-19(12-4-2)14-11-17(18(20)15-19)16-9-7-6-8-10-16/h3,6-11,14H,1,4-5,12-13,15H2,2H3. The largest absolute Gasteiger partial charge is 0.211 e. The Morgan fingerprint density at radius 2 is 2.00 bits per heavy atom. The highest BCUT2D eigenvalue weighted by Crippen LogP contribution is 2.44. The van der Waals surface area contributed by atoms with Gasteiger partial charge >= 0.3 is 0 Å². The molecule has 106 valence electrons. The zero-order chi connectivity index (χ0) is 14.4. The molecule has 0 amide bonds. The van der Waals surface area contributed by atoms with Crippen molar-refractivity contribution in [2.45, 2.75) is 39.0 Å². The van der Waals surface area contributed by atoms with Gasteiger partial charge in [-0.2, -0.15) is 0 Å². The third kappa shape index (κ3) is 3.27. The van der Waals surface area contributed by atoms with E-state index in [1.807, 2.05) is 42.5 Å². The van der Waals surface area contributed by atoms with Crippen molar-refractivity contribution < 1.29 is 4.39 Å². The van der Waals surface area contributed by atoms with Gasteiger partial charge in [-0.15, -0.1) is 6.58 Å². The predicted octanol–water partition coefficient (Wildman–Crippen LogP) is 6.08. The van der Waals surface area contributed by atoms with Crippen LogP contribution in [-0.2, 0) is 0 Å². The Labute approximate surface area is 121 Å². The van der Waals surface area contributed by atoms with Crippen molar-refractivity contribution in [1.82, 2.24) is 0 Å². The second-order valence-electron chi connectivity index (χ2n) is 5.63. The summed E-state index contributed by atoms with van der Waals surface area (Å²) >= 11 is 0. The van der Waals surface area contributed by atoms with Gasteiger partial charge in [0.15, 0.2) is 0 Å². The van der Waals surface area contributed by atoms with Gasteiger partial charge in [-0.1, -0.05) is 61.9 Å².